The first-order valence-corrected chi connectivity index (χ1v) is 13.9. The van der Waals surface area contributed by atoms with Crippen LogP contribution in [-0.4, -0.2) is 25.2 Å². The predicted octanol–water partition coefficient (Wildman–Crippen LogP) is 8.69. The van der Waals surface area contributed by atoms with Crippen molar-refractivity contribution in [3.63, 3.8) is 0 Å². The summed E-state index contributed by atoms with van der Waals surface area (Å²) in [6.07, 6.45) is 24.8. The first kappa shape index (κ1) is 30.9. The maximum absolute atomic E-state index is 12.3. The first-order valence-electron chi connectivity index (χ1n) is 13.9. The van der Waals surface area contributed by atoms with Crippen LogP contribution in [0.3, 0.4) is 0 Å². The molecule has 0 aromatic heterocycles. The summed E-state index contributed by atoms with van der Waals surface area (Å²) in [5, 5.41) is 0. The molecule has 0 N–H and O–H groups in total. The van der Waals surface area contributed by atoms with Crippen molar-refractivity contribution >= 4 is 11.9 Å². The average Bonchev–Trinajstić information content (AvgIpc) is 2.79. The molecular formula is C28H54O4. The minimum atomic E-state index is -0.114. The van der Waals surface area contributed by atoms with Crippen LogP contribution in [0.4, 0.5) is 0 Å². The van der Waals surface area contributed by atoms with Gasteiger partial charge in [0.2, 0.25) is 0 Å². The largest absolute Gasteiger partial charge is 0.469 e. The minimum Gasteiger partial charge on any atom is -0.469 e. The standard InChI is InChI=1S/C28H54O4/c1-4-6-8-10-12-14-18-22-26(23-19-15-13-17-20-24-27(29)31-3)32-28(30)25-21-16-11-9-7-5-2/h26H,4-25H2,1-3H3. The van der Waals surface area contributed by atoms with E-state index in [9.17, 15) is 9.59 Å². The summed E-state index contributed by atoms with van der Waals surface area (Å²) in [5.74, 6) is -0.108. The number of esters is 2. The fourth-order valence-corrected chi connectivity index (χ4v) is 4.16. The van der Waals surface area contributed by atoms with Crippen molar-refractivity contribution in [2.24, 2.45) is 0 Å². The van der Waals surface area contributed by atoms with E-state index >= 15 is 0 Å². The highest BCUT2D eigenvalue weighted by Crippen LogP contribution is 2.18. The van der Waals surface area contributed by atoms with Gasteiger partial charge in [-0.1, -0.05) is 104 Å². The van der Waals surface area contributed by atoms with Gasteiger partial charge in [-0.25, -0.2) is 0 Å². The monoisotopic (exact) mass is 454 g/mol. The van der Waals surface area contributed by atoms with E-state index < -0.39 is 0 Å². The fraction of sp³-hybridized carbons (Fsp3) is 0.929. The highest BCUT2D eigenvalue weighted by molar-refractivity contribution is 5.69. The maximum atomic E-state index is 12.3. The smallest absolute Gasteiger partial charge is 0.306 e. The van der Waals surface area contributed by atoms with Crippen molar-refractivity contribution in [1.82, 2.24) is 0 Å². The van der Waals surface area contributed by atoms with Crippen molar-refractivity contribution in [3.05, 3.63) is 0 Å². The lowest BCUT2D eigenvalue weighted by atomic mass is 10.0. The lowest BCUT2D eigenvalue weighted by Gasteiger charge is -2.18. The molecule has 4 heteroatoms. The van der Waals surface area contributed by atoms with Gasteiger partial charge < -0.3 is 9.47 Å². The van der Waals surface area contributed by atoms with E-state index in [2.05, 4.69) is 18.6 Å². The molecule has 0 aliphatic carbocycles. The van der Waals surface area contributed by atoms with E-state index in [0.717, 1.165) is 57.8 Å². The van der Waals surface area contributed by atoms with Gasteiger partial charge in [-0.3, -0.25) is 9.59 Å². The van der Waals surface area contributed by atoms with Gasteiger partial charge in [-0.15, -0.1) is 0 Å². The Labute approximate surface area is 199 Å². The zero-order valence-electron chi connectivity index (χ0n) is 21.8. The molecule has 1 atom stereocenters. The van der Waals surface area contributed by atoms with Crippen LogP contribution in [0.15, 0.2) is 0 Å². The topological polar surface area (TPSA) is 52.6 Å². The molecule has 0 aliphatic rings. The van der Waals surface area contributed by atoms with Crippen LogP contribution < -0.4 is 0 Å². The summed E-state index contributed by atoms with van der Waals surface area (Å²) in [5.41, 5.74) is 0. The summed E-state index contributed by atoms with van der Waals surface area (Å²) in [6, 6.07) is 0. The van der Waals surface area contributed by atoms with Crippen molar-refractivity contribution in [2.45, 2.75) is 161 Å². The number of unbranched alkanes of at least 4 members (excludes halogenated alkanes) is 15. The maximum Gasteiger partial charge on any atom is 0.306 e. The van der Waals surface area contributed by atoms with Crippen LogP contribution in [0.2, 0.25) is 0 Å². The molecule has 0 aromatic carbocycles. The molecule has 0 heterocycles. The quantitative estimate of drug-likeness (QED) is 0.108. The number of ether oxygens (including phenoxy) is 2. The molecule has 0 fully saturated rings. The highest BCUT2D eigenvalue weighted by Gasteiger charge is 2.14. The van der Waals surface area contributed by atoms with Gasteiger partial charge in [0.25, 0.3) is 0 Å². The van der Waals surface area contributed by atoms with Crippen LogP contribution >= 0.6 is 0 Å². The van der Waals surface area contributed by atoms with Gasteiger partial charge in [0.05, 0.1) is 7.11 Å². The van der Waals surface area contributed by atoms with Gasteiger partial charge in [0, 0.05) is 12.8 Å². The zero-order valence-corrected chi connectivity index (χ0v) is 21.8. The van der Waals surface area contributed by atoms with Crippen LogP contribution in [-0.2, 0) is 19.1 Å². The molecule has 0 aliphatic heterocycles. The third-order valence-electron chi connectivity index (χ3n) is 6.30. The SMILES string of the molecule is CCCCCCCCCC(CCCCCCCC(=O)OC)OC(=O)CCCCCCCC. The van der Waals surface area contributed by atoms with Gasteiger partial charge in [0.1, 0.15) is 6.10 Å². The molecule has 0 saturated carbocycles. The molecule has 0 bridgehead atoms. The molecule has 4 nitrogen and oxygen atoms in total. The van der Waals surface area contributed by atoms with E-state index in [1.54, 1.807) is 0 Å². The Hall–Kier alpha value is -1.06. The van der Waals surface area contributed by atoms with Gasteiger partial charge in [-0.05, 0) is 38.5 Å². The summed E-state index contributed by atoms with van der Waals surface area (Å²) < 4.78 is 10.6. The summed E-state index contributed by atoms with van der Waals surface area (Å²) in [7, 11) is 1.45. The lowest BCUT2D eigenvalue weighted by Crippen LogP contribution is -2.18. The molecule has 0 spiro atoms. The van der Waals surface area contributed by atoms with E-state index in [1.165, 1.54) is 77.7 Å². The minimum absolute atomic E-state index is 0.00603. The molecule has 0 aromatic rings. The number of hydrogen-bond donors (Lipinski definition) is 0. The Kier molecular flexibility index (Phi) is 23.8. The Balaban J connectivity index is 4.07. The average molecular weight is 455 g/mol. The number of carbonyl (C=O) groups is 2. The second-order valence-corrected chi connectivity index (χ2v) is 9.42. The van der Waals surface area contributed by atoms with Gasteiger partial charge >= 0.3 is 11.9 Å². The van der Waals surface area contributed by atoms with Crippen molar-refractivity contribution in [2.75, 3.05) is 7.11 Å². The molecule has 0 saturated heterocycles. The van der Waals surface area contributed by atoms with Crippen molar-refractivity contribution < 1.29 is 19.1 Å². The number of rotatable bonds is 24. The van der Waals surface area contributed by atoms with Gasteiger partial charge in [-0.2, -0.15) is 0 Å². The Morgan fingerprint density at radius 1 is 0.531 bits per heavy atom. The molecular weight excluding hydrogens is 400 g/mol. The number of carbonyl (C=O) groups excluding carboxylic acids is 2. The highest BCUT2D eigenvalue weighted by atomic mass is 16.5. The van der Waals surface area contributed by atoms with Crippen LogP contribution in [0.25, 0.3) is 0 Å². The van der Waals surface area contributed by atoms with E-state index in [0.29, 0.717) is 12.8 Å². The van der Waals surface area contributed by atoms with Gasteiger partial charge in [0.15, 0.2) is 0 Å². The Bertz CT molecular complexity index is 422. The van der Waals surface area contributed by atoms with Crippen LogP contribution in [0.1, 0.15) is 155 Å². The summed E-state index contributed by atoms with van der Waals surface area (Å²) in [6.45, 7) is 4.48. The molecule has 32 heavy (non-hydrogen) atoms. The van der Waals surface area contributed by atoms with Crippen LogP contribution in [0.5, 0.6) is 0 Å². The van der Waals surface area contributed by atoms with E-state index in [1.807, 2.05) is 0 Å². The Morgan fingerprint density at radius 2 is 0.906 bits per heavy atom. The second kappa shape index (κ2) is 24.6. The molecule has 0 radical (unpaired) electrons. The first-order chi connectivity index (χ1) is 15.6. The molecule has 0 amide bonds. The summed E-state index contributed by atoms with van der Waals surface area (Å²) >= 11 is 0. The molecule has 190 valence electrons. The predicted molar refractivity (Wildman–Crippen MR) is 135 cm³/mol. The number of hydrogen-bond acceptors (Lipinski definition) is 4. The van der Waals surface area contributed by atoms with E-state index in [-0.39, 0.29) is 18.0 Å². The van der Waals surface area contributed by atoms with Crippen molar-refractivity contribution in [1.29, 1.82) is 0 Å². The van der Waals surface area contributed by atoms with Crippen molar-refractivity contribution in [3.8, 4) is 0 Å². The second-order valence-electron chi connectivity index (χ2n) is 9.42. The third-order valence-corrected chi connectivity index (χ3v) is 6.30. The fourth-order valence-electron chi connectivity index (χ4n) is 4.16. The third kappa shape index (κ3) is 22.1. The summed E-state index contributed by atoms with van der Waals surface area (Å²) in [4.78, 5) is 23.5. The Morgan fingerprint density at radius 3 is 1.34 bits per heavy atom. The normalized spacial score (nSPS) is 12.0. The lowest BCUT2D eigenvalue weighted by molar-refractivity contribution is -0.150. The molecule has 0 rings (SSSR count). The zero-order chi connectivity index (χ0) is 23.7. The number of methoxy groups -OCH3 is 1. The van der Waals surface area contributed by atoms with Crippen LogP contribution in [0, 0.1) is 0 Å². The molecule has 1 unspecified atom stereocenters. The van der Waals surface area contributed by atoms with E-state index in [4.69, 9.17) is 4.74 Å².